The van der Waals surface area contributed by atoms with Crippen LogP contribution in [0.15, 0.2) is 41.4 Å². The Morgan fingerprint density at radius 2 is 1.92 bits per heavy atom. The maximum atomic E-state index is 13.9. The number of rotatable bonds is 5. The number of halogens is 2. The van der Waals surface area contributed by atoms with Gasteiger partial charge < -0.3 is 4.74 Å². The monoisotopic (exact) mass is 381 g/mol. The van der Waals surface area contributed by atoms with E-state index < -0.39 is 21.7 Å². The largest absolute Gasteiger partial charge is 0.453 e. The fourth-order valence-corrected chi connectivity index (χ4v) is 3.21. The smallest absolute Gasteiger partial charge is 0.241 e. The predicted octanol–water partition coefficient (Wildman–Crippen LogP) is 3.41. The van der Waals surface area contributed by atoms with Crippen molar-refractivity contribution < 1.29 is 21.9 Å². The third-order valence-corrected chi connectivity index (χ3v) is 4.60. The lowest BCUT2D eigenvalue weighted by Crippen LogP contribution is -2.14. The summed E-state index contributed by atoms with van der Waals surface area (Å²) in [6, 6.07) is 5.49. The molecular weight excluding hydrogens is 364 g/mol. The van der Waals surface area contributed by atoms with Crippen LogP contribution in [0.4, 0.5) is 8.78 Å². The molecule has 0 radical (unpaired) electrons. The van der Waals surface area contributed by atoms with Crippen molar-refractivity contribution in [2.45, 2.75) is 25.3 Å². The molecule has 0 spiro atoms. The topological polar surface area (TPSA) is 87.2 Å². The number of nitrogens with two attached hydrogens (primary N) is 1. The molecule has 138 valence electrons. The lowest BCUT2D eigenvalue weighted by molar-refractivity contribution is 0.428. The lowest BCUT2D eigenvalue weighted by Gasteiger charge is -2.12. The Bertz CT molecular complexity index is 1080. The van der Waals surface area contributed by atoms with Crippen LogP contribution < -0.4 is 9.88 Å². The summed E-state index contributed by atoms with van der Waals surface area (Å²) >= 11 is 0. The fourth-order valence-electron chi connectivity index (χ4n) is 2.56. The van der Waals surface area contributed by atoms with Crippen LogP contribution in [0.25, 0.3) is 10.9 Å². The Morgan fingerprint density at radius 1 is 1.19 bits per heavy atom. The molecule has 1 aromatic heterocycles. The quantitative estimate of drug-likeness (QED) is 0.734. The van der Waals surface area contributed by atoms with Crippen molar-refractivity contribution in [3.8, 4) is 11.5 Å². The van der Waals surface area contributed by atoms with E-state index in [0.717, 1.165) is 12.1 Å². The van der Waals surface area contributed by atoms with Gasteiger partial charge >= 0.3 is 0 Å². The van der Waals surface area contributed by atoms with Gasteiger partial charge in [0, 0.05) is 18.0 Å². The molecule has 3 rings (SSSR count). The first-order valence-electron chi connectivity index (χ1n) is 7.80. The molecule has 0 aliphatic carbocycles. The van der Waals surface area contributed by atoms with Crippen molar-refractivity contribution in [2.75, 3.05) is 0 Å². The summed E-state index contributed by atoms with van der Waals surface area (Å²) in [6.45, 7) is 4.59. The third-order valence-electron chi connectivity index (χ3n) is 3.67. The molecule has 2 N–H and O–H groups in total. The molecule has 3 aromatic rings. The number of primary sulfonamides is 1. The van der Waals surface area contributed by atoms with E-state index in [4.69, 9.17) is 9.88 Å². The molecule has 0 atom stereocenters. The van der Waals surface area contributed by atoms with Crippen molar-refractivity contribution in [1.82, 2.24) is 9.78 Å². The Kier molecular flexibility index (Phi) is 4.68. The van der Waals surface area contributed by atoms with E-state index in [0.29, 0.717) is 29.4 Å². The van der Waals surface area contributed by atoms with E-state index in [9.17, 15) is 17.2 Å². The number of sulfonamides is 1. The highest BCUT2D eigenvalue weighted by molar-refractivity contribution is 7.89. The standard InChI is InChI=1S/C17H17F2N3O3S/c1-10(2)9-22-14-7-17(26(20,23)24)16(5-11(14)8-21-22)25-15-4-3-12(18)6-13(15)19/h3-8,10H,9H2,1-2H3,(H2,20,23,24). The molecule has 2 aromatic carbocycles. The summed E-state index contributed by atoms with van der Waals surface area (Å²) < 4.78 is 57.9. The fraction of sp³-hybridized carbons (Fsp3) is 0.235. The second-order valence-electron chi connectivity index (χ2n) is 6.30. The molecule has 0 saturated heterocycles. The van der Waals surface area contributed by atoms with Gasteiger partial charge in [-0.25, -0.2) is 22.3 Å². The first-order valence-corrected chi connectivity index (χ1v) is 9.35. The highest BCUT2D eigenvalue weighted by Gasteiger charge is 2.20. The Labute approximate surface area is 149 Å². The zero-order valence-corrected chi connectivity index (χ0v) is 14.9. The highest BCUT2D eigenvalue weighted by Crippen LogP contribution is 2.34. The van der Waals surface area contributed by atoms with Crippen molar-refractivity contribution in [3.05, 3.63) is 48.2 Å². The molecule has 26 heavy (non-hydrogen) atoms. The minimum Gasteiger partial charge on any atom is -0.453 e. The van der Waals surface area contributed by atoms with Crippen LogP contribution in [0, 0.1) is 17.6 Å². The summed E-state index contributed by atoms with van der Waals surface area (Å²) in [5.74, 6) is -1.91. The molecule has 1 heterocycles. The van der Waals surface area contributed by atoms with Crippen molar-refractivity contribution in [2.24, 2.45) is 11.1 Å². The number of benzene rings is 2. The van der Waals surface area contributed by atoms with Crippen molar-refractivity contribution in [1.29, 1.82) is 0 Å². The van der Waals surface area contributed by atoms with Gasteiger partial charge in [0.2, 0.25) is 10.0 Å². The predicted molar refractivity (Wildman–Crippen MR) is 92.4 cm³/mol. The average molecular weight is 381 g/mol. The molecule has 0 fully saturated rings. The number of ether oxygens (including phenoxy) is 1. The maximum Gasteiger partial charge on any atom is 0.241 e. The first-order chi connectivity index (χ1) is 12.1. The van der Waals surface area contributed by atoms with Crippen LogP contribution in [0.1, 0.15) is 13.8 Å². The minimum atomic E-state index is -4.15. The van der Waals surface area contributed by atoms with Gasteiger partial charge in [0.1, 0.15) is 16.5 Å². The summed E-state index contributed by atoms with van der Waals surface area (Å²) in [4.78, 5) is -0.306. The molecule has 9 heteroatoms. The zero-order valence-electron chi connectivity index (χ0n) is 14.1. The number of hydrogen-bond donors (Lipinski definition) is 1. The molecule has 0 aliphatic heterocycles. The van der Waals surface area contributed by atoms with Crippen LogP contribution in [0.5, 0.6) is 11.5 Å². The van der Waals surface area contributed by atoms with Crippen molar-refractivity contribution in [3.63, 3.8) is 0 Å². The second kappa shape index (κ2) is 6.65. The molecule has 0 amide bonds. The zero-order chi connectivity index (χ0) is 19.1. The van der Waals surface area contributed by atoms with E-state index in [1.54, 1.807) is 10.9 Å². The summed E-state index contributed by atoms with van der Waals surface area (Å²) in [6.07, 6.45) is 1.55. The molecule has 0 saturated carbocycles. The summed E-state index contributed by atoms with van der Waals surface area (Å²) in [7, 11) is -4.15. The van der Waals surface area contributed by atoms with Crippen LogP contribution in [-0.4, -0.2) is 18.2 Å². The van der Waals surface area contributed by atoms with Gasteiger partial charge in [-0.2, -0.15) is 5.10 Å². The first kappa shape index (κ1) is 18.3. The van der Waals surface area contributed by atoms with Crippen LogP contribution >= 0.6 is 0 Å². The lowest BCUT2D eigenvalue weighted by atomic mass is 10.2. The van der Waals surface area contributed by atoms with Crippen LogP contribution in [0.2, 0.25) is 0 Å². The van der Waals surface area contributed by atoms with E-state index in [2.05, 4.69) is 5.10 Å². The van der Waals surface area contributed by atoms with Crippen LogP contribution in [-0.2, 0) is 16.6 Å². The maximum absolute atomic E-state index is 13.9. The highest BCUT2D eigenvalue weighted by atomic mass is 32.2. The number of fused-ring (bicyclic) bond motifs is 1. The van der Waals surface area contributed by atoms with Gasteiger partial charge in [-0.15, -0.1) is 0 Å². The molecule has 6 nitrogen and oxygen atoms in total. The molecule has 0 aliphatic rings. The average Bonchev–Trinajstić information content (AvgIpc) is 2.90. The molecule has 0 unspecified atom stereocenters. The van der Waals surface area contributed by atoms with Gasteiger partial charge in [-0.3, -0.25) is 4.68 Å². The Morgan fingerprint density at radius 3 is 2.54 bits per heavy atom. The number of hydrogen-bond acceptors (Lipinski definition) is 4. The third kappa shape index (κ3) is 3.68. The Balaban J connectivity index is 2.14. The van der Waals surface area contributed by atoms with E-state index in [-0.39, 0.29) is 16.4 Å². The summed E-state index contributed by atoms with van der Waals surface area (Å²) in [5, 5.41) is 10.1. The van der Waals surface area contributed by atoms with Gasteiger partial charge in [-0.1, -0.05) is 13.8 Å². The normalized spacial score (nSPS) is 12.1. The molecular formula is C17H17F2N3O3S. The summed E-state index contributed by atoms with van der Waals surface area (Å²) in [5.41, 5.74) is 0.564. The SMILES string of the molecule is CC(C)Cn1ncc2cc(Oc3ccc(F)cc3F)c(S(N)(=O)=O)cc21. The second-order valence-corrected chi connectivity index (χ2v) is 7.83. The number of aromatic nitrogens is 2. The van der Waals surface area contributed by atoms with E-state index in [1.807, 2.05) is 13.8 Å². The van der Waals surface area contributed by atoms with Gasteiger partial charge in [-0.05, 0) is 30.2 Å². The van der Waals surface area contributed by atoms with E-state index >= 15 is 0 Å². The van der Waals surface area contributed by atoms with Gasteiger partial charge in [0.05, 0.1) is 11.7 Å². The van der Waals surface area contributed by atoms with Gasteiger partial charge in [0.15, 0.2) is 11.6 Å². The van der Waals surface area contributed by atoms with Crippen molar-refractivity contribution >= 4 is 20.9 Å². The molecule has 0 bridgehead atoms. The van der Waals surface area contributed by atoms with Gasteiger partial charge in [0.25, 0.3) is 0 Å². The van der Waals surface area contributed by atoms with E-state index in [1.165, 1.54) is 12.1 Å². The Hall–Kier alpha value is -2.52. The minimum absolute atomic E-state index is 0.158. The number of nitrogens with zero attached hydrogens (tertiary/aromatic N) is 2. The van der Waals surface area contributed by atoms with Crippen LogP contribution in [0.3, 0.4) is 0 Å².